The lowest BCUT2D eigenvalue weighted by Gasteiger charge is -2.40. The third-order valence-electron chi connectivity index (χ3n) is 2.48. The molecule has 0 spiro atoms. The van der Waals surface area contributed by atoms with E-state index >= 15 is 0 Å². The Balaban J connectivity index is 2.66. The maximum atomic E-state index is 9.53. The zero-order chi connectivity index (χ0) is 10.0. The number of hydrogen-bond acceptors (Lipinski definition) is 5. The van der Waals surface area contributed by atoms with Gasteiger partial charge in [-0.15, -0.1) is 0 Å². The summed E-state index contributed by atoms with van der Waals surface area (Å²) in [6.07, 6.45) is -3.31. The van der Waals surface area contributed by atoms with Crippen molar-refractivity contribution in [3.05, 3.63) is 0 Å². The van der Waals surface area contributed by atoms with Crippen molar-refractivity contribution < 1.29 is 24.8 Å². The van der Waals surface area contributed by atoms with Crippen LogP contribution in [0.5, 0.6) is 0 Å². The minimum Gasteiger partial charge on any atom is -0.394 e. The minimum absolute atomic E-state index is 0.190. The Bertz CT molecular complexity index is 143. The van der Waals surface area contributed by atoms with Crippen molar-refractivity contribution >= 4 is 0 Å². The van der Waals surface area contributed by atoms with Gasteiger partial charge in [-0.2, -0.15) is 0 Å². The fourth-order valence-corrected chi connectivity index (χ4v) is 1.47. The third kappa shape index (κ3) is 2.00. The monoisotopic (exact) mass is 192 g/mol. The van der Waals surface area contributed by atoms with Crippen LogP contribution >= 0.6 is 0 Å². The number of hydrogen-bond donors (Lipinski definition) is 3. The molecule has 0 radical (unpaired) electrons. The quantitative estimate of drug-likeness (QED) is 0.507. The first-order valence-electron chi connectivity index (χ1n) is 4.27. The van der Waals surface area contributed by atoms with E-state index in [1.165, 1.54) is 7.11 Å². The van der Waals surface area contributed by atoms with E-state index in [1.807, 2.05) is 0 Å². The first-order chi connectivity index (χ1) is 6.11. The first kappa shape index (κ1) is 10.9. The van der Waals surface area contributed by atoms with Gasteiger partial charge in [-0.1, -0.05) is 6.92 Å². The summed E-state index contributed by atoms with van der Waals surface area (Å²) in [4.78, 5) is 0. The Morgan fingerprint density at radius 2 is 1.92 bits per heavy atom. The molecule has 0 aromatic heterocycles. The summed E-state index contributed by atoms with van der Waals surface area (Å²) in [5, 5.41) is 27.9. The SMILES string of the molecule is CO[C@H]1OC(CO)[C@@H](C)C(O)C1O. The molecule has 78 valence electrons. The van der Waals surface area contributed by atoms with Crippen LogP contribution in [0.25, 0.3) is 0 Å². The van der Waals surface area contributed by atoms with Crippen LogP contribution in [0.15, 0.2) is 0 Å². The van der Waals surface area contributed by atoms with Crippen molar-refractivity contribution in [3.63, 3.8) is 0 Å². The molecule has 1 rings (SSSR count). The van der Waals surface area contributed by atoms with Crippen LogP contribution in [-0.2, 0) is 9.47 Å². The van der Waals surface area contributed by atoms with Crippen LogP contribution in [0.1, 0.15) is 6.92 Å². The molecule has 5 heteroatoms. The number of aliphatic hydroxyl groups excluding tert-OH is 3. The second-order valence-electron chi connectivity index (χ2n) is 3.30. The molecule has 0 aromatic carbocycles. The van der Waals surface area contributed by atoms with E-state index in [1.54, 1.807) is 6.92 Å². The lowest BCUT2D eigenvalue weighted by Crippen LogP contribution is -2.55. The number of ether oxygens (including phenoxy) is 2. The molecule has 0 aromatic rings. The summed E-state index contributed by atoms with van der Waals surface area (Å²) in [5.74, 6) is -0.300. The van der Waals surface area contributed by atoms with Crippen molar-refractivity contribution in [2.24, 2.45) is 5.92 Å². The van der Waals surface area contributed by atoms with Crippen LogP contribution in [0.2, 0.25) is 0 Å². The first-order valence-corrected chi connectivity index (χ1v) is 4.27. The van der Waals surface area contributed by atoms with Gasteiger partial charge in [0.05, 0.1) is 18.8 Å². The van der Waals surface area contributed by atoms with E-state index in [0.717, 1.165) is 0 Å². The molecule has 5 nitrogen and oxygen atoms in total. The standard InChI is InChI=1S/C8H16O5/c1-4-5(3-9)13-8(12-2)7(11)6(4)10/h4-11H,3H2,1-2H3/t4-,5?,6?,7?,8+/m1/s1. The molecule has 1 aliphatic rings. The lowest BCUT2D eigenvalue weighted by molar-refractivity contribution is -0.280. The van der Waals surface area contributed by atoms with Crippen molar-refractivity contribution in [2.45, 2.75) is 31.5 Å². The molecule has 1 fully saturated rings. The highest BCUT2D eigenvalue weighted by atomic mass is 16.7. The van der Waals surface area contributed by atoms with Crippen molar-refractivity contribution in [2.75, 3.05) is 13.7 Å². The molecule has 3 N–H and O–H groups in total. The fourth-order valence-electron chi connectivity index (χ4n) is 1.47. The zero-order valence-electron chi connectivity index (χ0n) is 7.75. The average molecular weight is 192 g/mol. The van der Waals surface area contributed by atoms with Gasteiger partial charge in [0.25, 0.3) is 0 Å². The van der Waals surface area contributed by atoms with E-state index < -0.39 is 24.6 Å². The third-order valence-corrected chi connectivity index (χ3v) is 2.48. The highest BCUT2D eigenvalue weighted by Crippen LogP contribution is 2.25. The van der Waals surface area contributed by atoms with Gasteiger partial charge in [-0.05, 0) is 0 Å². The van der Waals surface area contributed by atoms with E-state index in [9.17, 15) is 10.2 Å². The summed E-state index contributed by atoms with van der Waals surface area (Å²) in [6.45, 7) is 1.52. The molecule has 13 heavy (non-hydrogen) atoms. The smallest absolute Gasteiger partial charge is 0.186 e. The van der Waals surface area contributed by atoms with E-state index in [2.05, 4.69) is 0 Å². The van der Waals surface area contributed by atoms with Crippen molar-refractivity contribution in [3.8, 4) is 0 Å². The van der Waals surface area contributed by atoms with Crippen LogP contribution in [0.3, 0.4) is 0 Å². The van der Waals surface area contributed by atoms with Gasteiger partial charge in [-0.3, -0.25) is 0 Å². The van der Waals surface area contributed by atoms with Crippen molar-refractivity contribution in [1.82, 2.24) is 0 Å². The molecular weight excluding hydrogens is 176 g/mol. The predicted molar refractivity (Wildman–Crippen MR) is 43.9 cm³/mol. The molecule has 3 unspecified atom stereocenters. The molecule has 0 bridgehead atoms. The van der Waals surface area contributed by atoms with Gasteiger partial charge in [0, 0.05) is 13.0 Å². The molecule has 0 aliphatic carbocycles. The molecule has 5 atom stereocenters. The Hall–Kier alpha value is -0.200. The lowest BCUT2D eigenvalue weighted by atomic mass is 9.91. The highest BCUT2D eigenvalue weighted by molar-refractivity contribution is 4.86. The second kappa shape index (κ2) is 4.34. The van der Waals surface area contributed by atoms with Gasteiger partial charge >= 0.3 is 0 Å². The maximum Gasteiger partial charge on any atom is 0.186 e. The van der Waals surface area contributed by atoms with Crippen LogP contribution in [0, 0.1) is 5.92 Å². The molecular formula is C8H16O5. The van der Waals surface area contributed by atoms with Crippen LogP contribution in [0.4, 0.5) is 0 Å². The summed E-state index contributed by atoms with van der Waals surface area (Å²) >= 11 is 0. The Kier molecular flexibility index (Phi) is 3.63. The predicted octanol–water partition coefficient (Wildman–Crippen LogP) is -1.29. The highest BCUT2D eigenvalue weighted by Gasteiger charge is 2.41. The molecule has 0 saturated carbocycles. The summed E-state index contributed by atoms with van der Waals surface area (Å²) in [7, 11) is 1.38. The normalized spacial score (nSPS) is 46.4. The number of methoxy groups -OCH3 is 1. The van der Waals surface area contributed by atoms with E-state index in [4.69, 9.17) is 14.6 Å². The largest absolute Gasteiger partial charge is 0.394 e. The average Bonchev–Trinajstić information content (AvgIpc) is 2.15. The van der Waals surface area contributed by atoms with Gasteiger partial charge in [0.2, 0.25) is 0 Å². The summed E-state index contributed by atoms with van der Waals surface area (Å²) < 4.78 is 10.0. The van der Waals surface area contributed by atoms with Gasteiger partial charge < -0.3 is 24.8 Å². The molecule has 1 aliphatic heterocycles. The zero-order valence-corrected chi connectivity index (χ0v) is 7.75. The van der Waals surface area contributed by atoms with Gasteiger partial charge in [0.1, 0.15) is 6.10 Å². The summed E-state index contributed by atoms with van der Waals surface area (Å²) in [5.41, 5.74) is 0. The molecule has 0 amide bonds. The topological polar surface area (TPSA) is 79.2 Å². The van der Waals surface area contributed by atoms with E-state index in [-0.39, 0.29) is 12.5 Å². The second-order valence-corrected chi connectivity index (χ2v) is 3.30. The maximum absolute atomic E-state index is 9.53. The fraction of sp³-hybridized carbons (Fsp3) is 1.00. The van der Waals surface area contributed by atoms with Gasteiger partial charge in [0.15, 0.2) is 6.29 Å². The molecule has 1 heterocycles. The van der Waals surface area contributed by atoms with Gasteiger partial charge in [-0.25, -0.2) is 0 Å². The van der Waals surface area contributed by atoms with Crippen LogP contribution < -0.4 is 0 Å². The summed E-state index contributed by atoms with van der Waals surface area (Å²) in [6, 6.07) is 0. The Morgan fingerprint density at radius 1 is 1.31 bits per heavy atom. The number of aliphatic hydroxyl groups is 3. The minimum atomic E-state index is -1.05. The van der Waals surface area contributed by atoms with E-state index in [0.29, 0.717) is 0 Å². The Labute approximate surface area is 76.9 Å². The number of rotatable bonds is 2. The van der Waals surface area contributed by atoms with Crippen LogP contribution in [-0.4, -0.2) is 53.6 Å². The molecule has 1 saturated heterocycles. The Morgan fingerprint density at radius 3 is 2.38 bits per heavy atom. The van der Waals surface area contributed by atoms with Crippen molar-refractivity contribution in [1.29, 1.82) is 0 Å².